The van der Waals surface area contributed by atoms with Crippen molar-refractivity contribution in [2.24, 2.45) is 5.92 Å². The molecule has 1 fully saturated rings. The van der Waals surface area contributed by atoms with Crippen LogP contribution in [0.4, 0.5) is 0 Å². The molecule has 1 aliphatic rings. The number of amides is 1. The van der Waals surface area contributed by atoms with E-state index in [2.05, 4.69) is 18.5 Å². The van der Waals surface area contributed by atoms with Crippen molar-refractivity contribution in [3.8, 4) is 0 Å². The third-order valence-corrected chi connectivity index (χ3v) is 4.62. The van der Waals surface area contributed by atoms with Crippen LogP contribution in [-0.2, 0) is 28.7 Å². The minimum atomic E-state index is -0.662. The molecule has 1 N–H and O–H groups in total. The van der Waals surface area contributed by atoms with Crippen molar-refractivity contribution >= 4 is 23.6 Å². The van der Waals surface area contributed by atoms with E-state index in [0.29, 0.717) is 13.0 Å². The van der Waals surface area contributed by atoms with Gasteiger partial charge in [-0.3, -0.25) is 14.4 Å². The van der Waals surface area contributed by atoms with Gasteiger partial charge in [0.15, 0.2) is 12.4 Å². The van der Waals surface area contributed by atoms with E-state index in [4.69, 9.17) is 9.47 Å². The van der Waals surface area contributed by atoms with E-state index < -0.39 is 36.4 Å². The SMILES string of the molecule is C=C/C=C(\C=C)C(=O)COC(=O)CCOC(=O)C1CC(C)CN1C(=O)C(C)NC. The fourth-order valence-corrected chi connectivity index (χ4v) is 2.92. The monoisotopic (exact) mass is 406 g/mol. The van der Waals surface area contributed by atoms with Crippen molar-refractivity contribution in [1.29, 1.82) is 0 Å². The summed E-state index contributed by atoms with van der Waals surface area (Å²) in [6.45, 7) is 10.6. The molecular weight excluding hydrogens is 376 g/mol. The molecule has 0 aromatic heterocycles. The Balaban J connectivity index is 2.47. The maximum atomic E-state index is 12.4. The summed E-state index contributed by atoms with van der Waals surface area (Å²) in [5.41, 5.74) is 0.287. The van der Waals surface area contributed by atoms with Crippen LogP contribution in [-0.4, -0.2) is 67.4 Å². The largest absolute Gasteiger partial charge is 0.464 e. The van der Waals surface area contributed by atoms with Crippen molar-refractivity contribution in [1.82, 2.24) is 10.2 Å². The quantitative estimate of drug-likeness (QED) is 0.312. The smallest absolute Gasteiger partial charge is 0.328 e. The molecule has 1 aliphatic heterocycles. The normalized spacial score (nSPS) is 20.0. The molecule has 8 nitrogen and oxygen atoms in total. The zero-order valence-electron chi connectivity index (χ0n) is 17.3. The van der Waals surface area contributed by atoms with Gasteiger partial charge in [-0.2, -0.15) is 0 Å². The molecule has 8 heteroatoms. The number of Topliss-reactive ketones (excluding diaryl/α,β-unsaturated/α-hetero) is 1. The molecule has 0 aromatic carbocycles. The Labute approximate surface area is 171 Å². The summed E-state index contributed by atoms with van der Waals surface area (Å²) >= 11 is 0. The lowest BCUT2D eigenvalue weighted by Crippen LogP contribution is -2.48. The van der Waals surface area contributed by atoms with Gasteiger partial charge >= 0.3 is 11.9 Å². The second-order valence-corrected chi connectivity index (χ2v) is 6.92. The lowest BCUT2D eigenvalue weighted by atomic mass is 10.1. The number of carbonyl (C=O) groups excluding carboxylic acids is 4. The summed E-state index contributed by atoms with van der Waals surface area (Å²) in [5, 5.41) is 2.87. The summed E-state index contributed by atoms with van der Waals surface area (Å²) in [5.74, 6) is -1.60. The second-order valence-electron chi connectivity index (χ2n) is 6.92. The van der Waals surface area contributed by atoms with Crippen LogP contribution < -0.4 is 5.32 Å². The van der Waals surface area contributed by atoms with Crippen LogP contribution in [0.15, 0.2) is 37.0 Å². The van der Waals surface area contributed by atoms with Gasteiger partial charge in [0, 0.05) is 12.1 Å². The second kappa shape index (κ2) is 12.0. The first-order valence-corrected chi connectivity index (χ1v) is 9.53. The summed E-state index contributed by atoms with van der Waals surface area (Å²) < 4.78 is 10.1. The highest BCUT2D eigenvalue weighted by Gasteiger charge is 2.39. The van der Waals surface area contributed by atoms with Gasteiger partial charge in [-0.25, -0.2) is 4.79 Å². The Morgan fingerprint density at radius 2 is 1.93 bits per heavy atom. The first-order valence-electron chi connectivity index (χ1n) is 9.53. The number of rotatable bonds is 11. The predicted octanol–water partition coefficient (Wildman–Crippen LogP) is 1.18. The zero-order chi connectivity index (χ0) is 22.0. The average Bonchev–Trinajstić information content (AvgIpc) is 3.10. The lowest BCUT2D eigenvalue weighted by Gasteiger charge is -2.26. The Bertz CT molecular complexity index is 685. The highest BCUT2D eigenvalue weighted by Crippen LogP contribution is 2.24. The van der Waals surface area contributed by atoms with Crippen molar-refractivity contribution < 1.29 is 28.7 Å². The summed E-state index contributed by atoms with van der Waals surface area (Å²) in [7, 11) is 1.68. The number of hydrogen-bond donors (Lipinski definition) is 1. The Morgan fingerprint density at radius 3 is 2.52 bits per heavy atom. The molecule has 1 saturated heterocycles. The Kier molecular flexibility index (Phi) is 10.0. The number of hydrogen-bond acceptors (Lipinski definition) is 7. The van der Waals surface area contributed by atoms with E-state index in [1.54, 1.807) is 14.0 Å². The van der Waals surface area contributed by atoms with Gasteiger partial charge in [0.25, 0.3) is 0 Å². The van der Waals surface area contributed by atoms with Crippen molar-refractivity contribution in [2.45, 2.75) is 38.8 Å². The van der Waals surface area contributed by atoms with E-state index in [1.165, 1.54) is 23.1 Å². The Hall–Kier alpha value is -2.74. The van der Waals surface area contributed by atoms with Crippen molar-refractivity contribution in [3.63, 3.8) is 0 Å². The summed E-state index contributed by atoms with van der Waals surface area (Å²) in [6, 6.07) is -1.07. The highest BCUT2D eigenvalue weighted by atomic mass is 16.6. The maximum Gasteiger partial charge on any atom is 0.328 e. The summed E-state index contributed by atoms with van der Waals surface area (Å²) in [6.07, 6.45) is 4.59. The first kappa shape index (κ1) is 24.3. The molecular formula is C21H30N2O6. The van der Waals surface area contributed by atoms with Crippen LogP contribution >= 0.6 is 0 Å². The standard InChI is InChI=1S/C21H30N2O6/c1-6-8-16(7-2)18(24)13-29-19(25)9-10-28-21(27)17-11-14(3)12-23(17)20(26)15(4)22-5/h6-8,14-15,17,22H,1-2,9-13H2,3-5H3/b16-8+. The third-order valence-electron chi connectivity index (χ3n) is 4.62. The van der Waals surface area contributed by atoms with Crippen molar-refractivity contribution in [3.05, 3.63) is 37.0 Å². The molecule has 160 valence electrons. The molecule has 1 rings (SSSR count). The summed E-state index contributed by atoms with van der Waals surface area (Å²) in [4.78, 5) is 50.0. The molecule has 0 radical (unpaired) electrons. The lowest BCUT2D eigenvalue weighted by molar-refractivity contribution is -0.156. The zero-order valence-corrected chi connectivity index (χ0v) is 17.3. The molecule has 0 bridgehead atoms. The molecule has 3 unspecified atom stereocenters. The molecule has 1 heterocycles. The molecule has 1 amide bonds. The number of esters is 2. The minimum Gasteiger partial charge on any atom is -0.464 e. The highest BCUT2D eigenvalue weighted by molar-refractivity contribution is 5.99. The topological polar surface area (TPSA) is 102 Å². The predicted molar refractivity (Wildman–Crippen MR) is 108 cm³/mol. The molecule has 0 spiro atoms. The first-order chi connectivity index (χ1) is 13.7. The van der Waals surface area contributed by atoms with E-state index in [0.717, 1.165) is 0 Å². The number of carbonyl (C=O) groups is 4. The molecule has 3 atom stereocenters. The van der Waals surface area contributed by atoms with E-state index in [-0.39, 0.29) is 30.4 Å². The number of ether oxygens (including phenoxy) is 2. The van der Waals surface area contributed by atoms with Crippen LogP contribution in [0, 0.1) is 5.92 Å². The number of nitrogens with zero attached hydrogens (tertiary/aromatic N) is 1. The number of nitrogens with one attached hydrogen (secondary N) is 1. The van der Waals surface area contributed by atoms with Gasteiger partial charge in [-0.05, 0) is 26.3 Å². The molecule has 0 aliphatic carbocycles. The van der Waals surface area contributed by atoms with E-state index in [9.17, 15) is 19.2 Å². The fourth-order valence-electron chi connectivity index (χ4n) is 2.92. The number of likely N-dealkylation sites (tertiary alicyclic amines) is 1. The van der Waals surface area contributed by atoms with Crippen molar-refractivity contribution in [2.75, 3.05) is 26.8 Å². The van der Waals surface area contributed by atoms with Gasteiger partial charge in [-0.15, -0.1) is 0 Å². The van der Waals surface area contributed by atoms with Crippen LogP contribution in [0.5, 0.6) is 0 Å². The van der Waals surface area contributed by atoms with Gasteiger partial charge in [0.1, 0.15) is 12.6 Å². The maximum absolute atomic E-state index is 12.4. The molecule has 29 heavy (non-hydrogen) atoms. The third kappa shape index (κ3) is 7.30. The van der Waals surface area contributed by atoms with Crippen LogP contribution in [0.25, 0.3) is 0 Å². The van der Waals surface area contributed by atoms with Gasteiger partial charge in [0.05, 0.1) is 12.5 Å². The number of likely N-dealkylation sites (N-methyl/N-ethyl adjacent to an activating group) is 1. The minimum absolute atomic E-state index is 0.165. The number of ketones is 1. The van der Waals surface area contributed by atoms with Gasteiger partial charge in [0.2, 0.25) is 5.91 Å². The van der Waals surface area contributed by atoms with Gasteiger partial charge in [-0.1, -0.05) is 38.3 Å². The van der Waals surface area contributed by atoms with Gasteiger partial charge < -0.3 is 19.7 Å². The van der Waals surface area contributed by atoms with E-state index in [1.807, 2.05) is 6.92 Å². The molecule has 0 saturated carbocycles. The van der Waals surface area contributed by atoms with Crippen LogP contribution in [0.3, 0.4) is 0 Å². The Morgan fingerprint density at radius 1 is 1.24 bits per heavy atom. The van der Waals surface area contributed by atoms with Crippen LogP contribution in [0.2, 0.25) is 0 Å². The number of allylic oxidation sites excluding steroid dienone is 3. The average molecular weight is 406 g/mol. The van der Waals surface area contributed by atoms with Crippen LogP contribution in [0.1, 0.15) is 26.7 Å². The fraction of sp³-hybridized carbons (Fsp3) is 0.524. The van der Waals surface area contributed by atoms with E-state index >= 15 is 0 Å². The molecule has 0 aromatic rings.